The molecule has 0 radical (unpaired) electrons. The summed E-state index contributed by atoms with van der Waals surface area (Å²) in [6.07, 6.45) is 1.36. The lowest BCUT2D eigenvalue weighted by Gasteiger charge is -2.12. The Balaban J connectivity index is 1.34. The number of nitrogens with zero attached hydrogens (tertiary/aromatic N) is 6. The lowest BCUT2D eigenvalue weighted by atomic mass is 10.1. The van der Waals surface area contributed by atoms with Crippen molar-refractivity contribution in [3.05, 3.63) is 52.2 Å². The summed E-state index contributed by atoms with van der Waals surface area (Å²) >= 11 is 1.39. The van der Waals surface area contributed by atoms with Crippen molar-refractivity contribution in [2.24, 2.45) is 5.92 Å². The van der Waals surface area contributed by atoms with Crippen LogP contribution in [0, 0.1) is 5.92 Å². The van der Waals surface area contributed by atoms with Gasteiger partial charge in [-0.05, 0) is 30.5 Å². The van der Waals surface area contributed by atoms with E-state index in [0.29, 0.717) is 39.9 Å². The second kappa shape index (κ2) is 7.13. The van der Waals surface area contributed by atoms with E-state index >= 15 is 0 Å². The van der Waals surface area contributed by atoms with E-state index in [1.807, 2.05) is 6.07 Å². The van der Waals surface area contributed by atoms with Crippen LogP contribution in [0.5, 0.6) is 0 Å². The molecule has 0 aliphatic carbocycles. The average molecular weight is 421 g/mol. The van der Waals surface area contributed by atoms with Crippen LogP contribution in [0.2, 0.25) is 0 Å². The largest absolute Gasteiger partial charge is 0.282 e. The third kappa shape index (κ3) is 3.09. The standard InChI is InChI=1S/C20H19N7O2S/c1-11(2)9-12-10-15(22-21-12)17-23-24-20-27(17)25-16(30-20)7-8-26-18(28)13-5-3-4-6-14(13)19(26)29/h3-6,10-11H,7-9H2,1-2H3,(H,21,22). The molecule has 10 heteroatoms. The normalized spacial score (nSPS) is 13.8. The van der Waals surface area contributed by atoms with Crippen molar-refractivity contribution in [2.75, 3.05) is 6.54 Å². The number of carbonyl (C=O) groups is 2. The van der Waals surface area contributed by atoms with Gasteiger partial charge in [-0.25, -0.2) is 0 Å². The molecule has 9 nitrogen and oxygen atoms in total. The molecule has 4 aromatic rings. The summed E-state index contributed by atoms with van der Waals surface area (Å²) in [7, 11) is 0. The quantitative estimate of drug-likeness (QED) is 0.479. The van der Waals surface area contributed by atoms with Crippen molar-refractivity contribution in [1.29, 1.82) is 0 Å². The molecule has 2 amide bonds. The third-order valence-corrected chi connectivity index (χ3v) is 5.91. The fourth-order valence-electron chi connectivity index (χ4n) is 3.59. The Labute approximate surface area is 175 Å². The van der Waals surface area contributed by atoms with Gasteiger partial charge in [0.2, 0.25) is 10.8 Å². The van der Waals surface area contributed by atoms with Crippen LogP contribution in [0.4, 0.5) is 0 Å². The first-order chi connectivity index (χ1) is 14.5. The number of fused-ring (bicyclic) bond motifs is 2. The highest BCUT2D eigenvalue weighted by atomic mass is 32.1. The monoisotopic (exact) mass is 421 g/mol. The maximum absolute atomic E-state index is 12.5. The van der Waals surface area contributed by atoms with E-state index in [1.165, 1.54) is 16.2 Å². The number of hydrogen-bond acceptors (Lipinski definition) is 7. The number of amides is 2. The van der Waals surface area contributed by atoms with Crippen molar-refractivity contribution in [3.63, 3.8) is 0 Å². The Morgan fingerprint density at radius 2 is 1.83 bits per heavy atom. The summed E-state index contributed by atoms with van der Waals surface area (Å²) in [6.45, 7) is 4.57. The Morgan fingerprint density at radius 3 is 2.53 bits per heavy atom. The Morgan fingerprint density at radius 1 is 1.10 bits per heavy atom. The van der Waals surface area contributed by atoms with Gasteiger partial charge in [0, 0.05) is 18.7 Å². The van der Waals surface area contributed by atoms with Gasteiger partial charge in [0.1, 0.15) is 10.7 Å². The zero-order chi connectivity index (χ0) is 20.8. The SMILES string of the molecule is CC(C)Cc1cc(-c2nnc3sc(CCN4C(=O)c5ccccc5C4=O)nn23)n[nH]1. The van der Waals surface area contributed by atoms with Gasteiger partial charge in [-0.1, -0.05) is 37.3 Å². The Bertz CT molecular complexity index is 1230. The van der Waals surface area contributed by atoms with Crippen LogP contribution >= 0.6 is 11.3 Å². The molecule has 30 heavy (non-hydrogen) atoms. The van der Waals surface area contributed by atoms with Gasteiger partial charge in [0.05, 0.1) is 11.1 Å². The number of benzene rings is 1. The average Bonchev–Trinajstić information content (AvgIpc) is 3.46. The molecule has 3 aromatic heterocycles. The predicted octanol–water partition coefficient (Wildman–Crippen LogP) is 2.61. The summed E-state index contributed by atoms with van der Waals surface area (Å²) in [4.78, 5) is 27.0. The Kier molecular flexibility index (Phi) is 4.43. The van der Waals surface area contributed by atoms with Crippen LogP contribution < -0.4 is 0 Å². The summed E-state index contributed by atoms with van der Waals surface area (Å²) < 4.78 is 1.66. The highest BCUT2D eigenvalue weighted by molar-refractivity contribution is 7.16. The predicted molar refractivity (Wildman–Crippen MR) is 110 cm³/mol. The number of H-pyrrole nitrogens is 1. The highest BCUT2D eigenvalue weighted by Crippen LogP contribution is 2.25. The second-order valence-corrected chi connectivity index (χ2v) is 8.69. The van der Waals surface area contributed by atoms with Crippen molar-refractivity contribution in [2.45, 2.75) is 26.7 Å². The molecular formula is C20H19N7O2S. The summed E-state index contributed by atoms with van der Waals surface area (Å²) in [5.74, 6) is 0.575. The molecule has 0 saturated carbocycles. The van der Waals surface area contributed by atoms with Gasteiger partial charge in [-0.15, -0.1) is 10.2 Å². The van der Waals surface area contributed by atoms with Crippen LogP contribution in [-0.2, 0) is 12.8 Å². The van der Waals surface area contributed by atoms with E-state index < -0.39 is 0 Å². The minimum atomic E-state index is -0.256. The van der Waals surface area contributed by atoms with E-state index in [0.717, 1.165) is 17.1 Å². The van der Waals surface area contributed by atoms with Crippen LogP contribution in [0.15, 0.2) is 30.3 Å². The van der Waals surface area contributed by atoms with Gasteiger partial charge in [0.25, 0.3) is 11.8 Å². The molecule has 0 fully saturated rings. The molecule has 5 rings (SSSR count). The zero-order valence-electron chi connectivity index (χ0n) is 16.5. The first-order valence-electron chi connectivity index (χ1n) is 9.72. The van der Waals surface area contributed by atoms with Gasteiger partial charge >= 0.3 is 0 Å². The molecule has 1 N–H and O–H groups in total. The van der Waals surface area contributed by atoms with Gasteiger partial charge in [-0.2, -0.15) is 14.7 Å². The van der Waals surface area contributed by atoms with E-state index in [2.05, 4.69) is 39.3 Å². The van der Waals surface area contributed by atoms with Crippen molar-refractivity contribution < 1.29 is 9.59 Å². The maximum atomic E-state index is 12.5. The highest BCUT2D eigenvalue weighted by Gasteiger charge is 2.34. The smallest absolute Gasteiger partial charge is 0.261 e. The van der Waals surface area contributed by atoms with Gasteiger partial charge in [-0.3, -0.25) is 19.6 Å². The van der Waals surface area contributed by atoms with Crippen LogP contribution in [0.3, 0.4) is 0 Å². The van der Waals surface area contributed by atoms with Crippen LogP contribution in [0.25, 0.3) is 16.5 Å². The van der Waals surface area contributed by atoms with Crippen molar-refractivity contribution in [1.82, 2.24) is 34.9 Å². The van der Waals surface area contributed by atoms with Crippen LogP contribution in [-0.4, -0.2) is 53.3 Å². The number of rotatable bonds is 6. The first kappa shape index (κ1) is 18.6. The molecule has 0 saturated heterocycles. The Hall–Kier alpha value is -3.40. The molecule has 0 atom stereocenters. The number of imide groups is 1. The lowest BCUT2D eigenvalue weighted by Crippen LogP contribution is -2.31. The molecule has 4 heterocycles. The molecule has 0 spiro atoms. The molecular weight excluding hydrogens is 402 g/mol. The van der Waals surface area contributed by atoms with Gasteiger partial charge < -0.3 is 0 Å². The van der Waals surface area contributed by atoms with Crippen LogP contribution in [0.1, 0.15) is 45.3 Å². The third-order valence-electron chi connectivity index (χ3n) is 4.95. The molecule has 1 aromatic carbocycles. The number of hydrogen-bond donors (Lipinski definition) is 1. The number of carbonyl (C=O) groups excluding carboxylic acids is 2. The van der Waals surface area contributed by atoms with Gasteiger partial charge in [0.15, 0.2) is 0 Å². The molecule has 0 bridgehead atoms. The van der Waals surface area contributed by atoms with Crippen molar-refractivity contribution >= 4 is 28.1 Å². The zero-order valence-corrected chi connectivity index (χ0v) is 17.3. The van der Waals surface area contributed by atoms with E-state index in [-0.39, 0.29) is 18.4 Å². The molecule has 1 aliphatic rings. The first-order valence-corrected chi connectivity index (χ1v) is 10.5. The summed E-state index contributed by atoms with van der Waals surface area (Å²) in [5.41, 5.74) is 2.64. The van der Waals surface area contributed by atoms with E-state index in [4.69, 9.17) is 0 Å². The lowest BCUT2D eigenvalue weighted by molar-refractivity contribution is 0.0656. The fraction of sp³-hybridized carbons (Fsp3) is 0.300. The molecule has 0 unspecified atom stereocenters. The summed E-state index contributed by atoms with van der Waals surface area (Å²) in [5, 5.41) is 21.1. The van der Waals surface area contributed by atoms with E-state index in [1.54, 1.807) is 28.8 Å². The van der Waals surface area contributed by atoms with Crippen molar-refractivity contribution in [3.8, 4) is 11.5 Å². The van der Waals surface area contributed by atoms with E-state index in [9.17, 15) is 9.59 Å². The summed E-state index contributed by atoms with van der Waals surface area (Å²) in [6, 6.07) is 8.86. The second-order valence-electron chi connectivity index (χ2n) is 7.65. The number of nitrogens with one attached hydrogen (secondary N) is 1. The minimum absolute atomic E-state index is 0.256. The topological polar surface area (TPSA) is 109 Å². The maximum Gasteiger partial charge on any atom is 0.261 e. The fourth-order valence-corrected chi connectivity index (χ4v) is 4.41. The minimum Gasteiger partial charge on any atom is -0.282 e. The number of aromatic amines is 1. The molecule has 152 valence electrons. The number of aromatic nitrogens is 6. The molecule has 1 aliphatic heterocycles.